The van der Waals surface area contributed by atoms with Crippen LogP contribution in [0.2, 0.25) is 0 Å². The predicted molar refractivity (Wildman–Crippen MR) is 74.4 cm³/mol. The number of esters is 1. The van der Waals surface area contributed by atoms with Crippen LogP contribution in [-0.2, 0) is 4.74 Å². The first-order valence-corrected chi connectivity index (χ1v) is 7.00. The molecular formula is C16H21NaO4. The Hall–Kier alpha value is -0.840. The average Bonchev–Trinajstić information content (AvgIpc) is 2.42. The van der Waals surface area contributed by atoms with Crippen LogP contribution < -0.4 is 34.7 Å². The standard InChI is InChI=1S/C16H22O4.Na/c1-12(2)8-4-3-7-11-20-16(19)14-10-6-5-9-13(14)15(17)18;/h5-6,9-10,12H,3-4,7-8,11H2,1-2H3,(H,17,18);/q;+1/p-1. The number of carbonyl (C=O) groups excluding carboxylic acids is 2. The summed E-state index contributed by atoms with van der Waals surface area (Å²) < 4.78 is 5.10. The summed E-state index contributed by atoms with van der Waals surface area (Å²) in [7, 11) is 0. The molecule has 0 aromatic heterocycles. The van der Waals surface area contributed by atoms with Crippen molar-refractivity contribution in [1.29, 1.82) is 0 Å². The Bertz CT molecular complexity index is 457. The van der Waals surface area contributed by atoms with Gasteiger partial charge in [-0.3, -0.25) is 0 Å². The van der Waals surface area contributed by atoms with Crippen molar-refractivity contribution in [2.75, 3.05) is 6.61 Å². The Morgan fingerprint density at radius 1 is 1.10 bits per heavy atom. The summed E-state index contributed by atoms with van der Waals surface area (Å²) in [6.45, 7) is 4.67. The molecule has 21 heavy (non-hydrogen) atoms. The van der Waals surface area contributed by atoms with E-state index in [1.807, 2.05) is 0 Å². The van der Waals surface area contributed by atoms with Crippen molar-refractivity contribution in [2.24, 2.45) is 5.92 Å². The minimum atomic E-state index is -1.37. The Morgan fingerprint density at radius 3 is 2.29 bits per heavy atom. The molecule has 0 atom stereocenters. The fourth-order valence-corrected chi connectivity index (χ4v) is 1.91. The molecule has 5 heteroatoms. The van der Waals surface area contributed by atoms with Crippen molar-refractivity contribution in [2.45, 2.75) is 39.5 Å². The molecule has 110 valence electrons. The minimum absolute atomic E-state index is 0. The van der Waals surface area contributed by atoms with E-state index in [1.165, 1.54) is 18.6 Å². The molecule has 0 N–H and O–H groups in total. The van der Waals surface area contributed by atoms with Crippen LogP contribution in [0.5, 0.6) is 0 Å². The largest absolute Gasteiger partial charge is 1.00 e. The van der Waals surface area contributed by atoms with Gasteiger partial charge >= 0.3 is 35.5 Å². The first-order chi connectivity index (χ1) is 9.52. The number of aromatic carboxylic acids is 1. The molecule has 4 nitrogen and oxygen atoms in total. The summed E-state index contributed by atoms with van der Waals surface area (Å²) in [4.78, 5) is 22.7. The second-order valence-corrected chi connectivity index (χ2v) is 5.21. The van der Waals surface area contributed by atoms with E-state index in [0.717, 1.165) is 19.3 Å². The third-order valence-corrected chi connectivity index (χ3v) is 3.03. The van der Waals surface area contributed by atoms with Crippen LogP contribution in [0.15, 0.2) is 24.3 Å². The Kier molecular flexibility index (Phi) is 10.4. The van der Waals surface area contributed by atoms with E-state index in [0.29, 0.717) is 12.5 Å². The zero-order valence-electron chi connectivity index (χ0n) is 13.1. The monoisotopic (exact) mass is 300 g/mol. The van der Waals surface area contributed by atoms with Crippen LogP contribution in [-0.4, -0.2) is 18.5 Å². The number of carboxylic acids is 1. The van der Waals surface area contributed by atoms with E-state index >= 15 is 0 Å². The SMILES string of the molecule is CC(C)CCCCCOC(=O)c1ccccc1C(=O)[O-].[Na+]. The summed E-state index contributed by atoms with van der Waals surface area (Å²) in [5, 5.41) is 10.9. The van der Waals surface area contributed by atoms with Gasteiger partial charge in [0.05, 0.1) is 18.1 Å². The van der Waals surface area contributed by atoms with E-state index < -0.39 is 11.9 Å². The van der Waals surface area contributed by atoms with Crippen molar-refractivity contribution in [1.82, 2.24) is 0 Å². The van der Waals surface area contributed by atoms with Crippen molar-refractivity contribution < 1.29 is 49.0 Å². The van der Waals surface area contributed by atoms with Gasteiger partial charge in [-0.2, -0.15) is 0 Å². The third kappa shape index (κ3) is 7.65. The Balaban J connectivity index is 0.00000400. The van der Waals surface area contributed by atoms with Gasteiger partial charge in [0, 0.05) is 5.56 Å². The molecule has 0 radical (unpaired) electrons. The van der Waals surface area contributed by atoms with Gasteiger partial charge in [0.15, 0.2) is 0 Å². The molecule has 1 rings (SSSR count). The van der Waals surface area contributed by atoms with Gasteiger partial charge in [0.2, 0.25) is 0 Å². The maximum Gasteiger partial charge on any atom is 1.00 e. The fraction of sp³-hybridized carbons (Fsp3) is 0.500. The molecule has 0 saturated heterocycles. The van der Waals surface area contributed by atoms with Crippen LogP contribution >= 0.6 is 0 Å². The number of carboxylic acid groups (broad SMARTS) is 1. The number of ether oxygens (including phenoxy) is 1. The van der Waals surface area contributed by atoms with Crippen molar-refractivity contribution in [3.8, 4) is 0 Å². The Morgan fingerprint density at radius 2 is 1.71 bits per heavy atom. The van der Waals surface area contributed by atoms with Gasteiger partial charge in [0.25, 0.3) is 0 Å². The molecule has 0 fully saturated rings. The van der Waals surface area contributed by atoms with E-state index in [-0.39, 0.29) is 40.7 Å². The normalized spacial score (nSPS) is 10.0. The maximum absolute atomic E-state index is 11.8. The van der Waals surface area contributed by atoms with Crippen molar-refractivity contribution in [3.05, 3.63) is 35.4 Å². The summed E-state index contributed by atoms with van der Waals surface area (Å²) >= 11 is 0. The van der Waals surface area contributed by atoms with Gasteiger partial charge in [-0.25, -0.2) is 4.79 Å². The number of carbonyl (C=O) groups is 2. The molecule has 0 aliphatic heterocycles. The number of rotatable bonds is 8. The zero-order valence-corrected chi connectivity index (χ0v) is 15.1. The second-order valence-electron chi connectivity index (χ2n) is 5.21. The predicted octanol–water partition coefficient (Wildman–Crippen LogP) is -0.573. The topological polar surface area (TPSA) is 66.4 Å². The van der Waals surface area contributed by atoms with Gasteiger partial charge in [-0.1, -0.05) is 51.3 Å². The van der Waals surface area contributed by atoms with Crippen molar-refractivity contribution >= 4 is 11.9 Å². The molecule has 0 saturated carbocycles. The molecule has 1 aromatic carbocycles. The molecule has 0 aliphatic rings. The molecule has 0 bridgehead atoms. The molecular weight excluding hydrogens is 279 g/mol. The average molecular weight is 300 g/mol. The second kappa shape index (κ2) is 10.8. The number of unbranched alkanes of at least 4 members (excludes halogenated alkanes) is 2. The molecule has 0 amide bonds. The summed E-state index contributed by atoms with van der Waals surface area (Å²) in [6, 6.07) is 5.93. The molecule has 0 unspecified atom stereocenters. The molecule has 0 spiro atoms. The van der Waals surface area contributed by atoms with E-state index in [2.05, 4.69) is 13.8 Å². The third-order valence-electron chi connectivity index (χ3n) is 3.03. The van der Waals surface area contributed by atoms with E-state index in [4.69, 9.17) is 4.74 Å². The summed E-state index contributed by atoms with van der Waals surface area (Å²) in [5.41, 5.74) is -0.0769. The molecule has 0 heterocycles. The maximum atomic E-state index is 11.8. The van der Waals surface area contributed by atoms with Gasteiger partial charge < -0.3 is 14.6 Å². The van der Waals surface area contributed by atoms with Gasteiger partial charge in [-0.15, -0.1) is 0 Å². The van der Waals surface area contributed by atoms with Crippen LogP contribution in [0.3, 0.4) is 0 Å². The number of hydrogen-bond acceptors (Lipinski definition) is 4. The van der Waals surface area contributed by atoms with Crippen LogP contribution in [0.25, 0.3) is 0 Å². The number of benzene rings is 1. The van der Waals surface area contributed by atoms with E-state index in [1.54, 1.807) is 12.1 Å². The minimum Gasteiger partial charge on any atom is -0.545 e. The molecule has 1 aromatic rings. The van der Waals surface area contributed by atoms with Gasteiger partial charge in [-0.05, 0) is 18.4 Å². The van der Waals surface area contributed by atoms with Crippen molar-refractivity contribution in [3.63, 3.8) is 0 Å². The number of hydrogen-bond donors (Lipinski definition) is 0. The van der Waals surface area contributed by atoms with Crippen LogP contribution in [0.1, 0.15) is 60.2 Å². The summed E-state index contributed by atoms with van der Waals surface area (Å²) in [6.07, 6.45) is 4.09. The van der Waals surface area contributed by atoms with Crippen LogP contribution in [0.4, 0.5) is 0 Å². The Labute approximate surface area is 148 Å². The van der Waals surface area contributed by atoms with Crippen LogP contribution in [0, 0.1) is 5.92 Å². The fourth-order valence-electron chi connectivity index (χ4n) is 1.91. The summed E-state index contributed by atoms with van der Waals surface area (Å²) in [5.74, 6) is -1.28. The zero-order chi connectivity index (χ0) is 15.0. The molecule has 0 aliphatic carbocycles. The quantitative estimate of drug-likeness (QED) is 0.366. The first-order valence-electron chi connectivity index (χ1n) is 7.00. The van der Waals surface area contributed by atoms with Gasteiger partial charge in [0.1, 0.15) is 0 Å². The first kappa shape index (κ1) is 20.2. The van der Waals surface area contributed by atoms with E-state index in [9.17, 15) is 14.7 Å². The smallest absolute Gasteiger partial charge is 0.545 e.